The Labute approximate surface area is 72.4 Å². The first kappa shape index (κ1) is 8.75. The molecule has 0 unspecified atom stereocenters. The van der Waals surface area contributed by atoms with Crippen LogP contribution in [0.2, 0.25) is 0 Å². The fourth-order valence-corrected chi connectivity index (χ4v) is 1.43. The molecule has 0 radical (unpaired) electrons. The molecule has 0 aromatic carbocycles. The Morgan fingerprint density at radius 3 is 2.64 bits per heavy atom. The van der Waals surface area contributed by atoms with E-state index in [4.69, 9.17) is 0 Å². The van der Waals surface area contributed by atoms with Crippen molar-refractivity contribution in [2.45, 2.75) is 32.9 Å². The molecule has 0 aliphatic heterocycles. The fraction of sp³-hybridized carbons (Fsp3) is 0.556. The van der Waals surface area contributed by atoms with Gasteiger partial charge in [-0.15, -0.1) is 0 Å². The molecule has 2 heteroatoms. The van der Waals surface area contributed by atoms with Crippen molar-refractivity contribution in [1.82, 2.24) is 5.32 Å². The molecule has 1 aromatic heterocycles. The molecule has 0 atom stereocenters. The average molecular weight is 169 g/mol. The van der Waals surface area contributed by atoms with E-state index in [0.29, 0.717) is 0 Å². The summed E-state index contributed by atoms with van der Waals surface area (Å²) in [5.74, 6) is 0. The van der Waals surface area contributed by atoms with E-state index < -0.39 is 0 Å². The predicted octanol–water partition coefficient (Wildman–Crippen LogP) is 2.64. The van der Waals surface area contributed by atoms with Gasteiger partial charge in [0.05, 0.1) is 0 Å². The van der Waals surface area contributed by atoms with Gasteiger partial charge in [0.1, 0.15) is 0 Å². The second-order valence-corrected chi connectivity index (χ2v) is 4.52. The van der Waals surface area contributed by atoms with Gasteiger partial charge < -0.3 is 5.32 Å². The summed E-state index contributed by atoms with van der Waals surface area (Å²) >= 11 is 1.75. The molecule has 0 aliphatic carbocycles. The van der Waals surface area contributed by atoms with E-state index in [1.54, 1.807) is 11.3 Å². The van der Waals surface area contributed by atoms with Crippen LogP contribution >= 0.6 is 11.3 Å². The Balaban J connectivity index is 2.35. The van der Waals surface area contributed by atoms with E-state index in [2.05, 4.69) is 42.9 Å². The molecular formula is C9H15NS. The third-order valence-corrected chi connectivity index (χ3v) is 2.13. The van der Waals surface area contributed by atoms with Crippen molar-refractivity contribution < 1.29 is 0 Å². The van der Waals surface area contributed by atoms with Crippen LogP contribution in [0, 0.1) is 0 Å². The molecule has 1 N–H and O–H groups in total. The van der Waals surface area contributed by atoms with E-state index in [1.807, 2.05) is 0 Å². The molecule has 0 bridgehead atoms. The predicted molar refractivity (Wildman–Crippen MR) is 50.9 cm³/mol. The normalized spacial score (nSPS) is 11.9. The molecule has 0 spiro atoms. The molecule has 1 aromatic rings. The molecular weight excluding hydrogens is 154 g/mol. The van der Waals surface area contributed by atoms with Crippen molar-refractivity contribution in [3.05, 3.63) is 22.4 Å². The Morgan fingerprint density at radius 1 is 1.45 bits per heavy atom. The molecule has 0 fully saturated rings. The molecule has 1 rings (SSSR count). The first-order valence-electron chi connectivity index (χ1n) is 3.84. The van der Waals surface area contributed by atoms with Gasteiger partial charge in [0, 0.05) is 12.1 Å². The third-order valence-electron chi connectivity index (χ3n) is 1.40. The first-order chi connectivity index (χ1) is 5.08. The summed E-state index contributed by atoms with van der Waals surface area (Å²) in [6.45, 7) is 7.52. The van der Waals surface area contributed by atoms with E-state index in [-0.39, 0.29) is 5.54 Å². The quantitative estimate of drug-likeness (QED) is 0.717. The van der Waals surface area contributed by atoms with Gasteiger partial charge in [-0.1, -0.05) is 0 Å². The lowest BCUT2D eigenvalue weighted by Crippen LogP contribution is -2.34. The maximum atomic E-state index is 3.43. The van der Waals surface area contributed by atoms with Crippen LogP contribution in [0.15, 0.2) is 16.8 Å². The molecule has 11 heavy (non-hydrogen) atoms. The highest BCUT2D eigenvalue weighted by atomic mass is 32.1. The molecule has 0 saturated heterocycles. The van der Waals surface area contributed by atoms with Crippen molar-refractivity contribution in [2.24, 2.45) is 0 Å². The Bertz CT molecular complexity index is 196. The second-order valence-electron chi connectivity index (χ2n) is 3.74. The highest BCUT2D eigenvalue weighted by Crippen LogP contribution is 2.07. The van der Waals surface area contributed by atoms with E-state index in [0.717, 1.165) is 6.54 Å². The molecule has 0 saturated carbocycles. The van der Waals surface area contributed by atoms with E-state index >= 15 is 0 Å². The number of hydrogen-bond acceptors (Lipinski definition) is 2. The average Bonchev–Trinajstić information content (AvgIpc) is 2.32. The van der Waals surface area contributed by atoms with E-state index in [9.17, 15) is 0 Å². The van der Waals surface area contributed by atoms with Crippen LogP contribution in [0.1, 0.15) is 26.3 Å². The molecule has 0 amide bonds. The zero-order valence-electron chi connectivity index (χ0n) is 7.35. The van der Waals surface area contributed by atoms with Gasteiger partial charge in [-0.25, -0.2) is 0 Å². The lowest BCUT2D eigenvalue weighted by atomic mass is 10.1. The summed E-state index contributed by atoms with van der Waals surface area (Å²) in [5, 5.41) is 7.72. The number of thiophene rings is 1. The van der Waals surface area contributed by atoms with Gasteiger partial charge in [0.2, 0.25) is 0 Å². The Kier molecular flexibility index (Phi) is 2.68. The van der Waals surface area contributed by atoms with Gasteiger partial charge >= 0.3 is 0 Å². The van der Waals surface area contributed by atoms with Gasteiger partial charge in [-0.2, -0.15) is 11.3 Å². The van der Waals surface area contributed by atoms with Crippen LogP contribution in [-0.2, 0) is 6.54 Å². The van der Waals surface area contributed by atoms with Crippen LogP contribution in [-0.4, -0.2) is 5.54 Å². The minimum atomic E-state index is 0.224. The molecule has 0 aliphatic rings. The van der Waals surface area contributed by atoms with Crippen molar-refractivity contribution in [2.75, 3.05) is 0 Å². The largest absolute Gasteiger partial charge is 0.308 e. The maximum Gasteiger partial charge on any atom is 0.0218 e. The number of hydrogen-bond donors (Lipinski definition) is 1. The zero-order chi connectivity index (χ0) is 8.32. The first-order valence-corrected chi connectivity index (χ1v) is 4.78. The fourth-order valence-electron chi connectivity index (χ4n) is 0.760. The molecule has 1 heterocycles. The molecule has 62 valence electrons. The lowest BCUT2D eigenvalue weighted by molar-refractivity contribution is 0.424. The van der Waals surface area contributed by atoms with Gasteiger partial charge in [0.15, 0.2) is 0 Å². The highest BCUT2D eigenvalue weighted by Gasteiger charge is 2.07. The topological polar surface area (TPSA) is 12.0 Å². The van der Waals surface area contributed by atoms with Crippen LogP contribution in [0.25, 0.3) is 0 Å². The summed E-state index contributed by atoms with van der Waals surface area (Å²) in [6, 6.07) is 2.16. The zero-order valence-corrected chi connectivity index (χ0v) is 8.16. The van der Waals surface area contributed by atoms with Gasteiger partial charge in [-0.3, -0.25) is 0 Å². The summed E-state index contributed by atoms with van der Waals surface area (Å²) in [7, 11) is 0. The van der Waals surface area contributed by atoms with Gasteiger partial charge in [0.25, 0.3) is 0 Å². The summed E-state index contributed by atoms with van der Waals surface area (Å²) < 4.78 is 0. The van der Waals surface area contributed by atoms with Crippen molar-refractivity contribution in [1.29, 1.82) is 0 Å². The van der Waals surface area contributed by atoms with Crippen molar-refractivity contribution in [3.8, 4) is 0 Å². The summed E-state index contributed by atoms with van der Waals surface area (Å²) in [5.41, 5.74) is 1.60. The Hall–Kier alpha value is -0.340. The maximum absolute atomic E-state index is 3.43. The monoisotopic (exact) mass is 169 g/mol. The van der Waals surface area contributed by atoms with Gasteiger partial charge in [-0.05, 0) is 43.2 Å². The standard InChI is InChI=1S/C9H15NS/c1-9(2,3)10-6-8-4-5-11-7-8/h4-5,7,10H,6H2,1-3H3. The third kappa shape index (κ3) is 3.54. The van der Waals surface area contributed by atoms with Crippen LogP contribution < -0.4 is 5.32 Å². The molecule has 1 nitrogen and oxygen atoms in total. The minimum absolute atomic E-state index is 0.224. The van der Waals surface area contributed by atoms with Crippen molar-refractivity contribution in [3.63, 3.8) is 0 Å². The highest BCUT2D eigenvalue weighted by molar-refractivity contribution is 7.07. The number of rotatable bonds is 2. The summed E-state index contributed by atoms with van der Waals surface area (Å²) in [6.07, 6.45) is 0. The lowest BCUT2D eigenvalue weighted by Gasteiger charge is -2.19. The van der Waals surface area contributed by atoms with Crippen LogP contribution in [0.3, 0.4) is 0 Å². The summed E-state index contributed by atoms with van der Waals surface area (Å²) in [4.78, 5) is 0. The number of nitrogens with one attached hydrogen (secondary N) is 1. The SMILES string of the molecule is CC(C)(C)NCc1ccsc1. The van der Waals surface area contributed by atoms with Crippen LogP contribution in [0.5, 0.6) is 0 Å². The second kappa shape index (κ2) is 3.37. The van der Waals surface area contributed by atoms with Crippen molar-refractivity contribution >= 4 is 11.3 Å². The minimum Gasteiger partial charge on any atom is -0.308 e. The van der Waals surface area contributed by atoms with Crippen LogP contribution in [0.4, 0.5) is 0 Å². The smallest absolute Gasteiger partial charge is 0.0218 e. The van der Waals surface area contributed by atoms with E-state index in [1.165, 1.54) is 5.56 Å². The Morgan fingerprint density at radius 2 is 2.18 bits per heavy atom.